The van der Waals surface area contributed by atoms with E-state index in [4.69, 9.17) is 23.2 Å². The highest BCUT2D eigenvalue weighted by Gasteiger charge is 2.55. The van der Waals surface area contributed by atoms with E-state index in [1.54, 1.807) is 0 Å². The van der Waals surface area contributed by atoms with Gasteiger partial charge in [0, 0.05) is 23.6 Å². The third kappa shape index (κ3) is 2.84. The number of hydrogen-bond acceptors (Lipinski definition) is 4. The Labute approximate surface area is 166 Å². The molecule has 0 radical (unpaired) electrons. The van der Waals surface area contributed by atoms with Crippen molar-refractivity contribution < 1.29 is 8.78 Å². The SMILES string of the molecule is CC1(C)CC(c2cc(-c3c[nH]c(=O)[nH]c3=O)nn3c(Cl)c(Cl)nc23)CC1(F)F. The second-order valence-corrected chi connectivity index (χ2v) is 8.31. The Morgan fingerprint density at radius 1 is 1.25 bits per heavy atom. The van der Waals surface area contributed by atoms with Crippen LogP contribution in [0.5, 0.6) is 0 Å². The van der Waals surface area contributed by atoms with Gasteiger partial charge in [-0.2, -0.15) is 9.61 Å². The minimum Gasteiger partial charge on any atom is -0.313 e. The van der Waals surface area contributed by atoms with Crippen LogP contribution in [0.3, 0.4) is 0 Å². The molecule has 7 nitrogen and oxygen atoms in total. The van der Waals surface area contributed by atoms with Gasteiger partial charge in [-0.05, 0) is 18.4 Å². The lowest BCUT2D eigenvalue weighted by atomic mass is 9.87. The molecule has 11 heteroatoms. The number of aromatic amines is 2. The zero-order valence-corrected chi connectivity index (χ0v) is 16.3. The van der Waals surface area contributed by atoms with Crippen LogP contribution in [0.4, 0.5) is 8.78 Å². The van der Waals surface area contributed by atoms with Gasteiger partial charge in [-0.3, -0.25) is 9.78 Å². The maximum atomic E-state index is 14.5. The van der Waals surface area contributed by atoms with Gasteiger partial charge in [0.2, 0.25) is 0 Å². The van der Waals surface area contributed by atoms with Gasteiger partial charge in [0.25, 0.3) is 11.5 Å². The zero-order chi connectivity index (χ0) is 20.4. The van der Waals surface area contributed by atoms with E-state index in [-0.39, 0.29) is 40.1 Å². The van der Waals surface area contributed by atoms with E-state index >= 15 is 0 Å². The predicted octanol–water partition coefficient (Wildman–Crippen LogP) is 3.62. The average molecular weight is 430 g/mol. The lowest BCUT2D eigenvalue weighted by molar-refractivity contribution is -0.0806. The summed E-state index contributed by atoms with van der Waals surface area (Å²) in [6.45, 7) is 3.04. The summed E-state index contributed by atoms with van der Waals surface area (Å²) in [7, 11) is 0. The summed E-state index contributed by atoms with van der Waals surface area (Å²) in [6, 6.07) is 1.53. The number of H-pyrrole nitrogens is 2. The average Bonchev–Trinajstić information content (AvgIpc) is 2.99. The molecule has 1 fully saturated rings. The number of rotatable bonds is 2. The summed E-state index contributed by atoms with van der Waals surface area (Å²) < 4.78 is 30.2. The number of nitrogens with one attached hydrogen (secondary N) is 2. The second-order valence-electron chi connectivity index (χ2n) is 7.59. The maximum Gasteiger partial charge on any atom is 0.325 e. The Bertz CT molecular complexity index is 1200. The zero-order valence-electron chi connectivity index (χ0n) is 14.8. The van der Waals surface area contributed by atoms with Gasteiger partial charge in [-0.15, -0.1) is 0 Å². The van der Waals surface area contributed by atoms with E-state index in [2.05, 4.69) is 20.1 Å². The molecule has 1 saturated carbocycles. The van der Waals surface area contributed by atoms with Crippen LogP contribution in [-0.2, 0) is 0 Å². The Morgan fingerprint density at radius 3 is 2.57 bits per heavy atom. The number of imidazole rings is 1. The minimum atomic E-state index is -2.87. The highest BCUT2D eigenvalue weighted by Crippen LogP contribution is 2.56. The molecular weight excluding hydrogens is 415 g/mol. The summed E-state index contributed by atoms with van der Waals surface area (Å²) in [5.74, 6) is -3.40. The monoisotopic (exact) mass is 429 g/mol. The number of alkyl halides is 2. The molecule has 1 unspecified atom stereocenters. The Kier molecular flexibility index (Phi) is 4.17. The van der Waals surface area contributed by atoms with Crippen molar-refractivity contribution in [1.29, 1.82) is 0 Å². The molecule has 1 atom stereocenters. The summed E-state index contributed by atoms with van der Waals surface area (Å²) in [5, 5.41) is 4.25. The van der Waals surface area contributed by atoms with Crippen LogP contribution >= 0.6 is 23.2 Å². The fourth-order valence-electron chi connectivity index (χ4n) is 3.67. The van der Waals surface area contributed by atoms with Crippen LogP contribution in [0.1, 0.15) is 38.2 Å². The van der Waals surface area contributed by atoms with Crippen molar-refractivity contribution in [2.75, 3.05) is 0 Å². The van der Waals surface area contributed by atoms with Gasteiger partial charge < -0.3 is 4.98 Å². The molecule has 1 aliphatic carbocycles. The van der Waals surface area contributed by atoms with E-state index < -0.39 is 28.5 Å². The van der Waals surface area contributed by atoms with Crippen molar-refractivity contribution in [3.63, 3.8) is 0 Å². The molecule has 3 aromatic rings. The van der Waals surface area contributed by atoms with Crippen molar-refractivity contribution in [3.05, 3.63) is 49.0 Å². The molecule has 0 bridgehead atoms. The largest absolute Gasteiger partial charge is 0.325 e. The second kappa shape index (κ2) is 6.12. The lowest BCUT2D eigenvalue weighted by Crippen LogP contribution is -2.29. The molecule has 3 aromatic heterocycles. The van der Waals surface area contributed by atoms with Gasteiger partial charge in [0.05, 0.1) is 11.3 Å². The number of fused-ring (bicyclic) bond motifs is 1. The normalized spacial score (nSPS) is 20.7. The van der Waals surface area contributed by atoms with Crippen LogP contribution in [0.15, 0.2) is 21.9 Å². The molecule has 0 aromatic carbocycles. The van der Waals surface area contributed by atoms with E-state index in [1.165, 1.54) is 30.6 Å². The minimum absolute atomic E-state index is 0.00429. The predicted molar refractivity (Wildman–Crippen MR) is 100 cm³/mol. The molecule has 0 amide bonds. The fourth-order valence-corrected chi connectivity index (χ4v) is 3.99. The maximum absolute atomic E-state index is 14.5. The first-order chi connectivity index (χ1) is 13.0. The van der Waals surface area contributed by atoms with Crippen LogP contribution < -0.4 is 11.2 Å². The van der Waals surface area contributed by atoms with Crippen LogP contribution in [0.25, 0.3) is 16.9 Å². The van der Waals surface area contributed by atoms with Gasteiger partial charge in [0.1, 0.15) is 0 Å². The molecular formula is C17H15Cl2F2N5O2. The summed E-state index contributed by atoms with van der Waals surface area (Å²) in [5.41, 5.74) is -1.59. The smallest absolute Gasteiger partial charge is 0.313 e. The molecule has 3 heterocycles. The quantitative estimate of drug-likeness (QED) is 0.649. The van der Waals surface area contributed by atoms with E-state index in [9.17, 15) is 18.4 Å². The molecule has 4 rings (SSSR count). The van der Waals surface area contributed by atoms with Crippen molar-refractivity contribution in [3.8, 4) is 11.3 Å². The van der Waals surface area contributed by atoms with Crippen LogP contribution in [0, 0.1) is 5.41 Å². The van der Waals surface area contributed by atoms with Crippen molar-refractivity contribution in [2.45, 2.75) is 38.5 Å². The van der Waals surface area contributed by atoms with Gasteiger partial charge in [-0.25, -0.2) is 18.6 Å². The standard InChI is InChI=1S/C17H15Cl2F2N5O2/c1-16(2)4-7(5-17(16,20)21)8-3-10(9-6-22-15(28)24-14(9)27)25-26-12(19)11(18)23-13(8)26/h3,6-7H,4-5H2,1-2H3,(H2,22,24,27,28). The van der Waals surface area contributed by atoms with Gasteiger partial charge in [0.15, 0.2) is 16.0 Å². The molecule has 0 aliphatic heterocycles. The Balaban J connectivity index is 1.97. The third-order valence-electron chi connectivity index (χ3n) is 5.30. The lowest BCUT2D eigenvalue weighted by Gasteiger charge is -2.25. The van der Waals surface area contributed by atoms with Gasteiger partial charge in [-0.1, -0.05) is 37.0 Å². The Hall–Kier alpha value is -2.26. The fraction of sp³-hybridized carbons (Fsp3) is 0.412. The summed E-state index contributed by atoms with van der Waals surface area (Å²) in [4.78, 5) is 32.1. The first-order valence-electron chi connectivity index (χ1n) is 8.45. The molecule has 148 valence electrons. The van der Waals surface area contributed by atoms with Crippen LogP contribution in [0.2, 0.25) is 10.3 Å². The highest BCUT2D eigenvalue weighted by molar-refractivity contribution is 6.40. The topological polar surface area (TPSA) is 95.9 Å². The number of halogens is 4. The third-order valence-corrected chi connectivity index (χ3v) is 6.00. The molecule has 2 N–H and O–H groups in total. The van der Waals surface area contributed by atoms with Gasteiger partial charge >= 0.3 is 5.69 Å². The number of hydrogen-bond donors (Lipinski definition) is 2. The molecule has 0 spiro atoms. The van der Waals surface area contributed by atoms with E-state index in [0.29, 0.717) is 5.56 Å². The van der Waals surface area contributed by atoms with Crippen molar-refractivity contribution in [2.24, 2.45) is 5.41 Å². The summed E-state index contributed by atoms with van der Waals surface area (Å²) in [6.07, 6.45) is 1.05. The van der Waals surface area contributed by atoms with Crippen molar-refractivity contribution >= 4 is 28.8 Å². The molecule has 0 saturated heterocycles. The van der Waals surface area contributed by atoms with Crippen LogP contribution in [-0.4, -0.2) is 30.5 Å². The first kappa shape index (κ1) is 19.1. The van der Waals surface area contributed by atoms with Crippen molar-refractivity contribution in [1.82, 2.24) is 24.6 Å². The number of nitrogens with zero attached hydrogens (tertiary/aromatic N) is 3. The highest BCUT2D eigenvalue weighted by atomic mass is 35.5. The summed E-state index contributed by atoms with van der Waals surface area (Å²) >= 11 is 12.2. The Morgan fingerprint density at radius 2 is 1.96 bits per heavy atom. The first-order valence-corrected chi connectivity index (χ1v) is 9.21. The van der Waals surface area contributed by atoms with E-state index in [1.807, 2.05) is 0 Å². The molecule has 1 aliphatic rings. The molecule has 28 heavy (non-hydrogen) atoms. The number of aromatic nitrogens is 5. The van der Waals surface area contributed by atoms with E-state index in [0.717, 1.165) is 0 Å².